The van der Waals surface area contributed by atoms with Gasteiger partial charge in [0, 0.05) is 11.1 Å². The molecule has 0 aliphatic heterocycles. The Hall–Kier alpha value is -2.76. The molecule has 6 heteroatoms. The zero-order chi connectivity index (χ0) is 15.7. The first-order valence-electron chi connectivity index (χ1n) is 6.41. The molecule has 1 amide bonds. The Balaban J connectivity index is 1.79. The van der Waals surface area contributed by atoms with Gasteiger partial charge >= 0.3 is 6.18 Å². The van der Waals surface area contributed by atoms with Crippen LogP contribution >= 0.6 is 0 Å². The number of alkyl halides is 3. The van der Waals surface area contributed by atoms with E-state index in [1.165, 1.54) is 12.1 Å². The first-order valence-corrected chi connectivity index (χ1v) is 6.41. The van der Waals surface area contributed by atoms with Gasteiger partial charge in [0.2, 0.25) is 0 Å². The number of carbonyl (C=O) groups excluding carboxylic acids is 1. The van der Waals surface area contributed by atoms with E-state index in [0.29, 0.717) is 5.58 Å². The molecular weight excluding hydrogens is 295 g/mol. The summed E-state index contributed by atoms with van der Waals surface area (Å²) in [5.74, 6) is -0.419. The van der Waals surface area contributed by atoms with Crippen LogP contribution in [0.4, 0.5) is 18.9 Å². The summed E-state index contributed by atoms with van der Waals surface area (Å²) in [6.45, 7) is 0. The number of nitrogens with one attached hydrogen (secondary N) is 1. The SMILES string of the molecule is O=C(Nc1ccc(C(F)(F)F)cc1)c1cc2ccccc2o1. The number of halogens is 3. The number of benzene rings is 2. The molecule has 0 saturated carbocycles. The number of furan rings is 1. The molecule has 0 aliphatic carbocycles. The predicted molar refractivity (Wildman–Crippen MR) is 75.6 cm³/mol. The van der Waals surface area contributed by atoms with E-state index in [0.717, 1.165) is 17.5 Å². The molecule has 0 saturated heterocycles. The van der Waals surface area contributed by atoms with Crippen molar-refractivity contribution in [3.05, 3.63) is 65.9 Å². The van der Waals surface area contributed by atoms with Crippen molar-refractivity contribution in [3.8, 4) is 0 Å². The van der Waals surface area contributed by atoms with Gasteiger partial charge in [0.1, 0.15) is 5.58 Å². The lowest BCUT2D eigenvalue weighted by Crippen LogP contribution is -2.11. The Morgan fingerprint density at radius 3 is 2.32 bits per heavy atom. The fraction of sp³-hybridized carbons (Fsp3) is 0.0625. The largest absolute Gasteiger partial charge is 0.451 e. The van der Waals surface area contributed by atoms with Crippen LogP contribution in [-0.2, 0) is 6.18 Å². The molecule has 0 fully saturated rings. The molecule has 3 nitrogen and oxygen atoms in total. The lowest BCUT2D eigenvalue weighted by Gasteiger charge is -2.08. The van der Waals surface area contributed by atoms with Crippen molar-refractivity contribution in [3.63, 3.8) is 0 Å². The third kappa shape index (κ3) is 2.81. The highest BCUT2D eigenvalue weighted by molar-refractivity contribution is 6.04. The van der Waals surface area contributed by atoms with Crippen LogP contribution in [0.25, 0.3) is 11.0 Å². The summed E-state index contributed by atoms with van der Waals surface area (Å²) < 4.78 is 42.8. The van der Waals surface area contributed by atoms with Crippen molar-refractivity contribution in [2.24, 2.45) is 0 Å². The summed E-state index contributed by atoms with van der Waals surface area (Å²) in [6.07, 6.45) is -4.40. The Bertz CT molecular complexity index is 786. The van der Waals surface area contributed by atoms with Gasteiger partial charge in [-0.3, -0.25) is 4.79 Å². The molecule has 0 bridgehead atoms. The molecule has 112 valence electrons. The van der Waals surface area contributed by atoms with Gasteiger partial charge in [0.15, 0.2) is 5.76 Å². The number of anilines is 1. The maximum Gasteiger partial charge on any atom is 0.416 e. The second-order valence-corrected chi connectivity index (χ2v) is 4.68. The summed E-state index contributed by atoms with van der Waals surface area (Å²) in [5, 5.41) is 3.28. The Labute approximate surface area is 123 Å². The van der Waals surface area contributed by atoms with Gasteiger partial charge in [-0.05, 0) is 36.4 Å². The predicted octanol–water partition coefficient (Wildman–Crippen LogP) is 4.70. The van der Waals surface area contributed by atoms with E-state index < -0.39 is 17.6 Å². The van der Waals surface area contributed by atoms with Crippen LogP contribution in [-0.4, -0.2) is 5.91 Å². The van der Waals surface area contributed by atoms with Crippen molar-refractivity contribution < 1.29 is 22.4 Å². The summed E-state index contributed by atoms with van der Waals surface area (Å²) in [6, 6.07) is 12.9. The van der Waals surface area contributed by atoms with Gasteiger partial charge in [0.25, 0.3) is 5.91 Å². The molecule has 3 aromatic rings. The summed E-state index contributed by atoms with van der Waals surface area (Å²) >= 11 is 0. The minimum atomic E-state index is -4.40. The number of hydrogen-bond donors (Lipinski definition) is 1. The Kier molecular flexibility index (Phi) is 3.36. The van der Waals surface area contributed by atoms with Crippen LogP contribution in [0.15, 0.2) is 59.0 Å². The Morgan fingerprint density at radius 2 is 1.68 bits per heavy atom. The second-order valence-electron chi connectivity index (χ2n) is 4.68. The van der Waals surface area contributed by atoms with Crippen LogP contribution in [0, 0.1) is 0 Å². The number of fused-ring (bicyclic) bond motifs is 1. The van der Waals surface area contributed by atoms with Crippen LogP contribution in [0.3, 0.4) is 0 Å². The van der Waals surface area contributed by atoms with Crippen molar-refractivity contribution in [1.29, 1.82) is 0 Å². The van der Waals surface area contributed by atoms with Gasteiger partial charge < -0.3 is 9.73 Å². The molecule has 2 aromatic carbocycles. The maximum absolute atomic E-state index is 12.5. The van der Waals surface area contributed by atoms with Gasteiger partial charge in [-0.15, -0.1) is 0 Å². The first-order chi connectivity index (χ1) is 10.4. The van der Waals surface area contributed by atoms with E-state index in [2.05, 4.69) is 5.32 Å². The van der Waals surface area contributed by atoms with Crippen LogP contribution in [0.1, 0.15) is 16.1 Å². The number of carbonyl (C=O) groups is 1. The zero-order valence-electron chi connectivity index (χ0n) is 11.1. The standard InChI is InChI=1S/C16H10F3NO2/c17-16(18,19)11-5-7-12(8-6-11)20-15(21)14-9-10-3-1-2-4-13(10)22-14/h1-9H,(H,20,21). The molecule has 0 atom stereocenters. The molecular formula is C16H10F3NO2. The molecule has 0 spiro atoms. The van der Waals surface area contributed by atoms with E-state index in [9.17, 15) is 18.0 Å². The number of para-hydroxylation sites is 1. The van der Waals surface area contributed by atoms with Crippen LogP contribution in [0.2, 0.25) is 0 Å². The second kappa shape index (κ2) is 5.22. The molecule has 1 N–H and O–H groups in total. The molecule has 3 rings (SSSR count). The quantitative estimate of drug-likeness (QED) is 0.745. The number of rotatable bonds is 2. The average molecular weight is 305 g/mol. The summed E-state index contributed by atoms with van der Waals surface area (Å²) in [5.41, 5.74) is 0.0627. The maximum atomic E-state index is 12.5. The van der Waals surface area contributed by atoms with Gasteiger partial charge in [0.05, 0.1) is 5.56 Å². The minimum Gasteiger partial charge on any atom is -0.451 e. The molecule has 1 aromatic heterocycles. The van der Waals surface area contributed by atoms with Crippen molar-refractivity contribution in [1.82, 2.24) is 0 Å². The first kappa shape index (κ1) is 14.2. The number of hydrogen-bond acceptors (Lipinski definition) is 2. The molecule has 0 aliphatic rings. The summed E-state index contributed by atoms with van der Waals surface area (Å²) in [7, 11) is 0. The molecule has 1 heterocycles. The fourth-order valence-electron chi connectivity index (χ4n) is 2.03. The van der Waals surface area contributed by atoms with E-state index in [4.69, 9.17) is 4.42 Å². The fourth-order valence-corrected chi connectivity index (χ4v) is 2.03. The monoisotopic (exact) mass is 305 g/mol. The van der Waals surface area contributed by atoms with Gasteiger partial charge in [-0.1, -0.05) is 18.2 Å². The minimum absolute atomic E-state index is 0.0982. The molecule has 0 unspecified atom stereocenters. The molecule has 22 heavy (non-hydrogen) atoms. The van der Waals surface area contributed by atoms with Gasteiger partial charge in [-0.25, -0.2) is 0 Å². The van der Waals surface area contributed by atoms with Crippen LogP contribution in [0.5, 0.6) is 0 Å². The lowest BCUT2D eigenvalue weighted by atomic mass is 10.2. The van der Waals surface area contributed by atoms with Crippen molar-refractivity contribution >= 4 is 22.6 Å². The van der Waals surface area contributed by atoms with E-state index >= 15 is 0 Å². The van der Waals surface area contributed by atoms with Crippen LogP contribution < -0.4 is 5.32 Å². The number of amides is 1. The third-order valence-corrected chi connectivity index (χ3v) is 3.12. The Morgan fingerprint density at radius 1 is 1.00 bits per heavy atom. The molecule has 0 radical (unpaired) electrons. The highest BCUT2D eigenvalue weighted by Gasteiger charge is 2.30. The topological polar surface area (TPSA) is 42.2 Å². The zero-order valence-corrected chi connectivity index (χ0v) is 11.1. The average Bonchev–Trinajstić information content (AvgIpc) is 2.91. The smallest absolute Gasteiger partial charge is 0.416 e. The summed E-state index contributed by atoms with van der Waals surface area (Å²) in [4.78, 5) is 12.0. The van der Waals surface area contributed by atoms with Crippen molar-refractivity contribution in [2.75, 3.05) is 5.32 Å². The van der Waals surface area contributed by atoms with E-state index in [1.807, 2.05) is 6.07 Å². The third-order valence-electron chi connectivity index (χ3n) is 3.12. The van der Waals surface area contributed by atoms with Gasteiger partial charge in [-0.2, -0.15) is 13.2 Å². The highest BCUT2D eigenvalue weighted by atomic mass is 19.4. The van der Waals surface area contributed by atoms with E-state index in [-0.39, 0.29) is 11.4 Å². The lowest BCUT2D eigenvalue weighted by molar-refractivity contribution is -0.137. The van der Waals surface area contributed by atoms with Crippen molar-refractivity contribution in [2.45, 2.75) is 6.18 Å². The normalized spacial score (nSPS) is 11.6. The van der Waals surface area contributed by atoms with E-state index in [1.54, 1.807) is 24.3 Å². The highest BCUT2D eigenvalue weighted by Crippen LogP contribution is 2.30.